The highest BCUT2D eigenvalue weighted by Crippen LogP contribution is 2.26. The third-order valence-corrected chi connectivity index (χ3v) is 2.61. The van der Waals surface area contributed by atoms with Crippen LogP contribution >= 0.6 is 22.6 Å². The van der Waals surface area contributed by atoms with Crippen molar-refractivity contribution in [2.75, 3.05) is 6.61 Å². The van der Waals surface area contributed by atoms with Crippen LogP contribution in [0, 0.1) is 10.5 Å². The molecule has 0 amide bonds. The molecule has 0 N–H and O–H groups in total. The Kier molecular flexibility index (Phi) is 4.03. The van der Waals surface area contributed by atoms with E-state index < -0.39 is 0 Å². The summed E-state index contributed by atoms with van der Waals surface area (Å²) in [5, 5.41) is 0. The van der Waals surface area contributed by atoms with Crippen LogP contribution in [0.2, 0.25) is 0 Å². The first kappa shape index (κ1) is 10.8. The van der Waals surface area contributed by atoms with Crippen LogP contribution < -0.4 is 4.74 Å². The molecule has 0 aromatic heterocycles. The largest absolute Gasteiger partial charge is 0.493 e. The van der Waals surface area contributed by atoms with E-state index in [1.54, 1.807) is 0 Å². The summed E-state index contributed by atoms with van der Waals surface area (Å²) in [6, 6.07) is 4.35. The van der Waals surface area contributed by atoms with Crippen molar-refractivity contribution in [2.24, 2.45) is 0 Å². The van der Waals surface area contributed by atoms with Crippen LogP contribution in [0.15, 0.2) is 12.1 Å². The minimum atomic E-state index is 0.744. The zero-order valence-corrected chi connectivity index (χ0v) is 10.5. The average Bonchev–Trinajstić information content (AvgIpc) is 2.09. The molecule has 1 rings (SSSR count). The number of hydrogen-bond donors (Lipinski definition) is 0. The lowest BCUT2D eigenvalue weighted by molar-refractivity contribution is 0.334. The molecule has 0 saturated heterocycles. The van der Waals surface area contributed by atoms with Gasteiger partial charge in [0.2, 0.25) is 0 Å². The van der Waals surface area contributed by atoms with Crippen LogP contribution in [0.5, 0.6) is 5.75 Å². The third kappa shape index (κ3) is 2.59. The van der Waals surface area contributed by atoms with E-state index >= 15 is 0 Å². The van der Waals surface area contributed by atoms with E-state index in [-0.39, 0.29) is 0 Å². The summed E-state index contributed by atoms with van der Waals surface area (Å²) in [5.41, 5.74) is 2.55. The Morgan fingerprint density at radius 1 is 1.31 bits per heavy atom. The zero-order chi connectivity index (χ0) is 9.84. The Morgan fingerprint density at radius 3 is 2.54 bits per heavy atom. The lowest BCUT2D eigenvalue weighted by Crippen LogP contribution is -1.99. The van der Waals surface area contributed by atoms with Gasteiger partial charge in [0.05, 0.1) is 6.61 Å². The second-order valence-corrected chi connectivity index (χ2v) is 4.24. The van der Waals surface area contributed by atoms with Gasteiger partial charge in [0, 0.05) is 3.57 Å². The van der Waals surface area contributed by atoms with Crippen LogP contribution in [0.1, 0.15) is 25.0 Å². The van der Waals surface area contributed by atoms with E-state index in [1.807, 2.05) is 6.92 Å². The summed E-state index contributed by atoms with van der Waals surface area (Å²) < 4.78 is 6.90. The summed E-state index contributed by atoms with van der Waals surface area (Å²) in [6.07, 6.45) is 1.03. The molecule has 0 radical (unpaired) electrons. The molecular weight excluding hydrogens is 275 g/mol. The van der Waals surface area contributed by atoms with Crippen LogP contribution in [0.25, 0.3) is 0 Å². The van der Waals surface area contributed by atoms with E-state index in [2.05, 4.69) is 48.6 Å². The van der Waals surface area contributed by atoms with Gasteiger partial charge < -0.3 is 4.74 Å². The molecule has 0 fully saturated rings. The SMILES string of the molecule is CCOc1c(C)cc(I)cc1CC. The predicted molar refractivity (Wildman–Crippen MR) is 64.4 cm³/mol. The highest BCUT2D eigenvalue weighted by molar-refractivity contribution is 14.1. The van der Waals surface area contributed by atoms with Gasteiger partial charge in [0.25, 0.3) is 0 Å². The monoisotopic (exact) mass is 290 g/mol. The minimum Gasteiger partial charge on any atom is -0.493 e. The topological polar surface area (TPSA) is 9.23 Å². The Bertz CT molecular complexity index is 294. The lowest BCUT2D eigenvalue weighted by atomic mass is 10.1. The van der Waals surface area contributed by atoms with E-state index in [0.29, 0.717) is 0 Å². The highest BCUT2D eigenvalue weighted by atomic mass is 127. The van der Waals surface area contributed by atoms with Crippen molar-refractivity contribution in [2.45, 2.75) is 27.2 Å². The Hall–Kier alpha value is -0.250. The number of rotatable bonds is 3. The molecule has 0 heterocycles. The van der Waals surface area contributed by atoms with Gasteiger partial charge in [-0.3, -0.25) is 0 Å². The maximum absolute atomic E-state index is 5.61. The molecule has 0 spiro atoms. The van der Waals surface area contributed by atoms with Gasteiger partial charge in [-0.25, -0.2) is 0 Å². The van der Waals surface area contributed by atoms with Crippen molar-refractivity contribution < 1.29 is 4.74 Å². The van der Waals surface area contributed by atoms with Crippen LogP contribution in [-0.4, -0.2) is 6.61 Å². The molecule has 0 aliphatic rings. The van der Waals surface area contributed by atoms with E-state index in [0.717, 1.165) is 18.8 Å². The fourth-order valence-electron chi connectivity index (χ4n) is 1.41. The average molecular weight is 290 g/mol. The second kappa shape index (κ2) is 4.84. The number of halogens is 1. The summed E-state index contributed by atoms with van der Waals surface area (Å²) in [5.74, 6) is 1.07. The number of aryl methyl sites for hydroxylation is 2. The predicted octanol–water partition coefficient (Wildman–Crippen LogP) is 3.56. The Labute approximate surface area is 93.6 Å². The minimum absolute atomic E-state index is 0.744. The summed E-state index contributed by atoms with van der Waals surface area (Å²) in [4.78, 5) is 0. The lowest BCUT2D eigenvalue weighted by Gasteiger charge is -2.12. The van der Waals surface area contributed by atoms with E-state index in [4.69, 9.17) is 4.74 Å². The van der Waals surface area contributed by atoms with Crippen molar-refractivity contribution >= 4 is 22.6 Å². The molecule has 0 unspecified atom stereocenters. The van der Waals surface area contributed by atoms with Crippen molar-refractivity contribution in [1.29, 1.82) is 0 Å². The molecule has 0 saturated carbocycles. The number of ether oxygens (including phenoxy) is 1. The van der Waals surface area contributed by atoms with Crippen molar-refractivity contribution in [3.05, 3.63) is 26.8 Å². The molecule has 72 valence electrons. The number of hydrogen-bond acceptors (Lipinski definition) is 1. The van der Waals surface area contributed by atoms with Gasteiger partial charge in [-0.2, -0.15) is 0 Å². The summed E-state index contributed by atoms with van der Waals surface area (Å²) in [7, 11) is 0. The third-order valence-electron chi connectivity index (χ3n) is 1.99. The first-order valence-electron chi connectivity index (χ1n) is 4.60. The molecular formula is C11H15IO. The van der Waals surface area contributed by atoms with Crippen LogP contribution in [0.4, 0.5) is 0 Å². The zero-order valence-electron chi connectivity index (χ0n) is 8.36. The van der Waals surface area contributed by atoms with Crippen LogP contribution in [-0.2, 0) is 6.42 Å². The molecule has 0 atom stereocenters. The first-order chi connectivity index (χ1) is 6.19. The van der Waals surface area contributed by atoms with E-state index in [1.165, 1.54) is 14.7 Å². The van der Waals surface area contributed by atoms with Gasteiger partial charge >= 0.3 is 0 Å². The molecule has 1 aromatic carbocycles. The van der Waals surface area contributed by atoms with Crippen molar-refractivity contribution in [3.8, 4) is 5.75 Å². The molecule has 0 aliphatic carbocycles. The molecule has 1 nitrogen and oxygen atoms in total. The van der Waals surface area contributed by atoms with Gasteiger partial charge in [-0.15, -0.1) is 0 Å². The van der Waals surface area contributed by atoms with Crippen molar-refractivity contribution in [3.63, 3.8) is 0 Å². The molecule has 1 aromatic rings. The van der Waals surface area contributed by atoms with Crippen molar-refractivity contribution in [1.82, 2.24) is 0 Å². The molecule has 13 heavy (non-hydrogen) atoms. The fraction of sp³-hybridized carbons (Fsp3) is 0.455. The molecule has 0 bridgehead atoms. The first-order valence-corrected chi connectivity index (χ1v) is 5.68. The van der Waals surface area contributed by atoms with Gasteiger partial charge in [-0.1, -0.05) is 6.92 Å². The molecule has 2 heteroatoms. The van der Waals surface area contributed by atoms with E-state index in [9.17, 15) is 0 Å². The van der Waals surface area contributed by atoms with Gasteiger partial charge in [0.1, 0.15) is 5.75 Å². The van der Waals surface area contributed by atoms with Gasteiger partial charge in [0.15, 0.2) is 0 Å². The maximum Gasteiger partial charge on any atom is 0.125 e. The Balaban J connectivity index is 3.13. The summed E-state index contributed by atoms with van der Waals surface area (Å²) >= 11 is 2.34. The fourth-order valence-corrected chi connectivity index (χ4v) is 2.26. The second-order valence-electron chi connectivity index (χ2n) is 3.00. The Morgan fingerprint density at radius 2 is 2.00 bits per heavy atom. The van der Waals surface area contributed by atoms with Gasteiger partial charge in [-0.05, 0) is 66.1 Å². The number of benzene rings is 1. The standard InChI is InChI=1S/C11H15IO/c1-4-9-7-10(12)6-8(3)11(9)13-5-2/h6-7H,4-5H2,1-3H3. The highest BCUT2D eigenvalue weighted by Gasteiger charge is 2.06. The smallest absolute Gasteiger partial charge is 0.125 e. The summed E-state index contributed by atoms with van der Waals surface area (Å²) in [6.45, 7) is 7.03. The van der Waals surface area contributed by atoms with Crippen LogP contribution in [0.3, 0.4) is 0 Å². The quantitative estimate of drug-likeness (QED) is 0.773. The normalized spacial score (nSPS) is 10.2. The molecule has 0 aliphatic heterocycles. The maximum atomic E-state index is 5.61.